The lowest BCUT2D eigenvalue weighted by Crippen LogP contribution is -2.47. The Morgan fingerprint density at radius 2 is 1.32 bits per heavy atom. The van der Waals surface area contributed by atoms with Crippen molar-refractivity contribution in [1.29, 1.82) is 0 Å². The number of hydrogen-bond acceptors (Lipinski definition) is 7. The minimum absolute atomic E-state index is 0.116. The zero-order valence-corrected chi connectivity index (χ0v) is 21.5. The highest BCUT2D eigenvalue weighted by atomic mass is 16.7. The quantitative estimate of drug-likeness (QED) is 0.137. The van der Waals surface area contributed by atoms with Crippen molar-refractivity contribution in [1.82, 2.24) is 10.6 Å². The molecule has 0 saturated carbocycles. The van der Waals surface area contributed by atoms with Gasteiger partial charge in [0.15, 0.2) is 18.9 Å². The molecule has 10 heteroatoms. The van der Waals surface area contributed by atoms with E-state index in [1.807, 2.05) is 21.1 Å². The Balaban J connectivity index is 1.92. The molecule has 200 valence electrons. The van der Waals surface area contributed by atoms with Crippen molar-refractivity contribution in [2.75, 3.05) is 47.9 Å². The summed E-state index contributed by atoms with van der Waals surface area (Å²) in [5, 5.41) is 35.4. The van der Waals surface area contributed by atoms with Crippen LogP contribution in [0.25, 0.3) is 0 Å². The molecule has 0 bridgehead atoms. The Kier molecular flexibility index (Phi) is 14.8. The Labute approximate surface area is 204 Å². The molecule has 1 fully saturated rings. The van der Waals surface area contributed by atoms with Crippen molar-refractivity contribution >= 4 is 11.8 Å². The Morgan fingerprint density at radius 3 is 1.76 bits per heavy atom. The van der Waals surface area contributed by atoms with Gasteiger partial charge in [-0.25, -0.2) is 0 Å². The molecule has 0 spiro atoms. The summed E-state index contributed by atoms with van der Waals surface area (Å²) in [7, 11) is 7.34. The monoisotopic (exact) mass is 490 g/mol. The average Bonchev–Trinajstić information content (AvgIpc) is 3.05. The topological polar surface area (TPSA) is 137 Å². The average molecular weight is 491 g/mol. The van der Waals surface area contributed by atoms with Crippen molar-refractivity contribution in [2.45, 2.75) is 94.9 Å². The molecule has 1 aliphatic rings. The molecule has 1 heterocycles. The number of likely N-dealkylation sites (N-methyl/N-ethyl adjacent to an activating group) is 1. The molecule has 2 amide bonds. The fourth-order valence-corrected chi connectivity index (χ4v) is 3.97. The van der Waals surface area contributed by atoms with Gasteiger partial charge in [0.05, 0.1) is 21.1 Å². The maximum absolute atomic E-state index is 12.1. The fraction of sp³-hybridized carbons (Fsp3) is 0.917. The highest BCUT2D eigenvalue weighted by molar-refractivity contribution is 5.81. The predicted octanol–water partition coefficient (Wildman–Crippen LogP) is 0.280. The molecule has 1 aliphatic heterocycles. The van der Waals surface area contributed by atoms with Gasteiger partial charge in [-0.05, 0) is 12.8 Å². The van der Waals surface area contributed by atoms with Crippen LogP contribution in [0, 0.1) is 0 Å². The van der Waals surface area contributed by atoms with Gasteiger partial charge in [-0.2, -0.15) is 0 Å². The third-order valence-corrected chi connectivity index (χ3v) is 5.91. The van der Waals surface area contributed by atoms with E-state index in [-0.39, 0.29) is 5.91 Å². The molecule has 0 radical (unpaired) electrons. The normalized spacial score (nSPS) is 23.6. The van der Waals surface area contributed by atoms with Gasteiger partial charge in [-0.3, -0.25) is 9.59 Å². The molecule has 5 atom stereocenters. The van der Waals surface area contributed by atoms with Crippen LogP contribution in [0.15, 0.2) is 0 Å². The van der Waals surface area contributed by atoms with E-state index in [0.717, 1.165) is 45.1 Å². The van der Waals surface area contributed by atoms with Gasteiger partial charge >= 0.3 is 0 Å². The first-order valence-electron chi connectivity index (χ1n) is 12.6. The van der Waals surface area contributed by atoms with E-state index in [9.17, 15) is 24.9 Å². The number of carbonyl (C=O) groups is 2. The second kappa shape index (κ2) is 16.4. The number of amides is 2. The van der Waals surface area contributed by atoms with Crippen molar-refractivity contribution in [3.63, 3.8) is 0 Å². The predicted molar refractivity (Wildman–Crippen MR) is 129 cm³/mol. The first-order chi connectivity index (χ1) is 16.1. The molecule has 1 rings (SSSR count). The lowest BCUT2D eigenvalue weighted by Gasteiger charge is -2.22. The minimum atomic E-state index is -1.57. The van der Waals surface area contributed by atoms with E-state index in [1.165, 1.54) is 32.8 Å². The molecule has 0 aromatic carbocycles. The number of rotatable bonds is 18. The van der Waals surface area contributed by atoms with Crippen LogP contribution in [0.1, 0.15) is 64.2 Å². The summed E-state index contributed by atoms with van der Waals surface area (Å²) >= 11 is 0. The van der Waals surface area contributed by atoms with Crippen LogP contribution in [0.4, 0.5) is 0 Å². The summed E-state index contributed by atoms with van der Waals surface area (Å²) < 4.78 is 10.7. The summed E-state index contributed by atoms with van der Waals surface area (Å²) in [5.41, 5.74) is 0. The molecule has 0 unspecified atom stereocenters. The summed E-state index contributed by atoms with van der Waals surface area (Å²) in [6, 6.07) is 0. The summed E-state index contributed by atoms with van der Waals surface area (Å²) in [6.07, 6.45) is 4.55. The van der Waals surface area contributed by atoms with Gasteiger partial charge in [0, 0.05) is 20.2 Å². The second-order valence-corrected chi connectivity index (χ2v) is 10.3. The number of carbonyl (C=O) groups excluding carboxylic acids is 2. The van der Waals surface area contributed by atoms with Crippen molar-refractivity contribution < 1.29 is 38.9 Å². The van der Waals surface area contributed by atoms with Crippen molar-refractivity contribution in [3.8, 4) is 0 Å². The van der Waals surface area contributed by atoms with Gasteiger partial charge in [0.25, 0.3) is 11.8 Å². The molecular formula is C24H48N3O7+. The molecule has 0 aromatic heterocycles. The van der Waals surface area contributed by atoms with Crippen LogP contribution in [-0.2, 0) is 19.1 Å². The molecule has 5 N–H and O–H groups in total. The van der Waals surface area contributed by atoms with Crippen LogP contribution in [0.5, 0.6) is 0 Å². The van der Waals surface area contributed by atoms with Crippen molar-refractivity contribution in [3.05, 3.63) is 0 Å². The number of hydrogen-bond donors (Lipinski definition) is 5. The molecule has 0 aromatic rings. The van der Waals surface area contributed by atoms with Crippen LogP contribution < -0.4 is 10.6 Å². The van der Waals surface area contributed by atoms with Gasteiger partial charge < -0.3 is 39.9 Å². The van der Waals surface area contributed by atoms with Gasteiger partial charge in [0.1, 0.15) is 18.3 Å². The van der Waals surface area contributed by atoms with E-state index in [0.29, 0.717) is 17.6 Å². The molecule has 0 aliphatic carbocycles. The van der Waals surface area contributed by atoms with Crippen LogP contribution in [-0.4, -0.2) is 110 Å². The van der Waals surface area contributed by atoms with Crippen LogP contribution in [0.3, 0.4) is 0 Å². The Morgan fingerprint density at radius 1 is 0.853 bits per heavy atom. The maximum Gasteiger partial charge on any atom is 0.275 e. The SMILES string of the molecule is CO[C@@H]1O[C@H]([C@H](O)C(=O)NCCCCCCCCCCCCNC(=O)C[N+](C)(C)C)[C@H](O)[C@H]1O. The maximum atomic E-state index is 12.1. The third-order valence-electron chi connectivity index (χ3n) is 5.91. The van der Waals surface area contributed by atoms with Crippen LogP contribution in [0.2, 0.25) is 0 Å². The first kappa shape index (κ1) is 30.7. The number of methoxy groups -OCH3 is 1. The first-order valence-corrected chi connectivity index (χ1v) is 12.6. The van der Waals surface area contributed by atoms with E-state index >= 15 is 0 Å². The van der Waals surface area contributed by atoms with Gasteiger partial charge in [-0.15, -0.1) is 0 Å². The fourth-order valence-electron chi connectivity index (χ4n) is 3.97. The molecule has 10 nitrogen and oxygen atoms in total. The largest absolute Gasteiger partial charge is 0.387 e. The zero-order chi connectivity index (χ0) is 25.6. The standard InChI is InChI=1S/C24H47N3O7/c1-27(2,3)17-18(28)25-15-13-11-9-7-5-6-8-10-12-14-16-26-23(32)21(31)22-19(29)20(30)24(33-4)34-22/h19-22,24,29-31H,5-17H2,1-4H3,(H-,25,26,28,32)/p+1/t19-,20-,21+,22+,24-/m1/s1. The van der Waals surface area contributed by atoms with E-state index in [2.05, 4.69) is 10.6 Å². The minimum Gasteiger partial charge on any atom is -0.387 e. The Hall–Kier alpha value is -1.30. The van der Waals surface area contributed by atoms with E-state index in [4.69, 9.17) is 9.47 Å². The number of aliphatic hydroxyl groups excluding tert-OH is 3. The smallest absolute Gasteiger partial charge is 0.275 e. The highest BCUT2D eigenvalue weighted by Gasteiger charge is 2.48. The van der Waals surface area contributed by atoms with Gasteiger partial charge in [0.2, 0.25) is 0 Å². The number of nitrogens with zero attached hydrogens (tertiary/aromatic N) is 1. The Bertz CT molecular complexity index is 585. The third kappa shape index (κ3) is 12.4. The van der Waals surface area contributed by atoms with Crippen LogP contribution >= 0.6 is 0 Å². The number of unbranched alkanes of at least 4 members (excludes halogenated alkanes) is 9. The van der Waals surface area contributed by atoms with E-state index in [1.54, 1.807) is 0 Å². The number of aliphatic hydroxyl groups is 3. The number of nitrogens with one attached hydrogen (secondary N) is 2. The summed E-state index contributed by atoms with van der Waals surface area (Å²) in [6.45, 7) is 1.71. The summed E-state index contributed by atoms with van der Waals surface area (Å²) in [5.74, 6) is -0.508. The highest BCUT2D eigenvalue weighted by Crippen LogP contribution is 2.24. The molecular weight excluding hydrogens is 442 g/mol. The van der Waals surface area contributed by atoms with E-state index < -0.39 is 36.6 Å². The van der Waals surface area contributed by atoms with Gasteiger partial charge in [-0.1, -0.05) is 51.4 Å². The second-order valence-electron chi connectivity index (χ2n) is 10.3. The molecule has 34 heavy (non-hydrogen) atoms. The van der Waals surface area contributed by atoms with Crippen molar-refractivity contribution in [2.24, 2.45) is 0 Å². The molecule has 1 saturated heterocycles. The number of quaternary nitrogens is 1. The lowest BCUT2D eigenvalue weighted by molar-refractivity contribution is -0.862. The zero-order valence-electron chi connectivity index (χ0n) is 21.5. The summed E-state index contributed by atoms with van der Waals surface area (Å²) in [4.78, 5) is 23.8. The number of ether oxygens (including phenoxy) is 2. The lowest BCUT2D eigenvalue weighted by atomic mass is 10.0.